The van der Waals surface area contributed by atoms with Crippen LogP contribution in [0.25, 0.3) is 5.57 Å². The first-order valence-corrected chi connectivity index (χ1v) is 7.03. The third-order valence-electron chi connectivity index (χ3n) is 3.61. The van der Waals surface area contributed by atoms with Crippen molar-refractivity contribution in [2.75, 3.05) is 22.5 Å². The van der Waals surface area contributed by atoms with E-state index < -0.39 is 0 Å². The lowest BCUT2D eigenvalue weighted by Crippen LogP contribution is -2.22. The average molecular weight is 292 g/mol. The lowest BCUT2D eigenvalue weighted by molar-refractivity contribution is 0.989. The molecule has 1 aromatic heterocycles. The van der Waals surface area contributed by atoms with E-state index in [-0.39, 0.29) is 5.95 Å². The molecule has 0 saturated carbocycles. The normalized spacial score (nSPS) is 15.0. The van der Waals surface area contributed by atoms with Crippen LogP contribution in [0.3, 0.4) is 0 Å². The summed E-state index contributed by atoms with van der Waals surface area (Å²) in [6.07, 6.45) is 1.63. The number of nitrogen functional groups attached to an aromatic ring is 1. The highest BCUT2D eigenvalue weighted by molar-refractivity contribution is 5.91. The zero-order valence-electron chi connectivity index (χ0n) is 12.5. The van der Waals surface area contributed by atoms with Gasteiger partial charge in [0.1, 0.15) is 17.5 Å². The molecule has 1 aliphatic rings. The number of hydrogen-bond donors (Lipinski definition) is 2. The van der Waals surface area contributed by atoms with Gasteiger partial charge in [-0.3, -0.25) is 0 Å². The first kappa shape index (κ1) is 13.9. The molecule has 0 fully saturated rings. The Kier molecular flexibility index (Phi) is 3.39. The second-order valence-corrected chi connectivity index (χ2v) is 4.98. The fraction of sp³-hybridized carbons (Fsp3) is 0.188. The Hall–Kier alpha value is -3.07. The number of nitrogens with two attached hydrogens (primary N) is 1. The maximum absolute atomic E-state index is 9.67. The molecule has 0 amide bonds. The monoisotopic (exact) mass is 292 g/mol. The van der Waals surface area contributed by atoms with Crippen molar-refractivity contribution in [3.63, 3.8) is 0 Å². The number of aromatic nitrogens is 2. The fourth-order valence-electron chi connectivity index (χ4n) is 2.58. The van der Waals surface area contributed by atoms with Crippen LogP contribution in [0.15, 0.2) is 36.3 Å². The van der Waals surface area contributed by atoms with E-state index in [0.29, 0.717) is 11.3 Å². The predicted molar refractivity (Wildman–Crippen MR) is 86.8 cm³/mol. The largest absolute Gasteiger partial charge is 0.368 e. The Balaban J connectivity index is 2.20. The van der Waals surface area contributed by atoms with E-state index in [1.807, 2.05) is 38.1 Å². The van der Waals surface area contributed by atoms with E-state index in [1.165, 1.54) is 0 Å². The van der Waals surface area contributed by atoms with Gasteiger partial charge in [0, 0.05) is 12.7 Å². The van der Waals surface area contributed by atoms with Crippen molar-refractivity contribution in [1.29, 1.82) is 5.26 Å². The highest BCUT2D eigenvalue weighted by Gasteiger charge is 2.27. The molecule has 1 aliphatic heterocycles. The summed E-state index contributed by atoms with van der Waals surface area (Å²) in [6, 6.07) is 10.2. The third kappa shape index (κ3) is 2.13. The van der Waals surface area contributed by atoms with E-state index in [1.54, 1.807) is 6.20 Å². The zero-order valence-corrected chi connectivity index (χ0v) is 12.5. The standard InChI is InChI=1S/C16H16N6/c1-3-22-13-7-5-4-6-12(13)20-15(22)11(8-17)14-10(2)9-19-16(18)21-14/h4-7,9,20H,3H2,1-2H3,(H2,18,19,21). The van der Waals surface area contributed by atoms with Gasteiger partial charge in [0.15, 0.2) is 0 Å². The minimum Gasteiger partial charge on any atom is -0.368 e. The minimum atomic E-state index is 0.160. The number of fused-ring (bicyclic) bond motifs is 1. The number of rotatable bonds is 2. The van der Waals surface area contributed by atoms with Gasteiger partial charge in [0.25, 0.3) is 0 Å². The number of para-hydroxylation sites is 2. The lowest BCUT2D eigenvalue weighted by Gasteiger charge is -2.19. The molecule has 0 aliphatic carbocycles. The number of nitriles is 1. The molecule has 2 heterocycles. The smallest absolute Gasteiger partial charge is 0.220 e. The zero-order chi connectivity index (χ0) is 15.7. The van der Waals surface area contributed by atoms with Gasteiger partial charge in [-0.05, 0) is 31.5 Å². The van der Waals surface area contributed by atoms with Gasteiger partial charge >= 0.3 is 0 Å². The maximum Gasteiger partial charge on any atom is 0.220 e. The van der Waals surface area contributed by atoms with Crippen molar-refractivity contribution in [2.24, 2.45) is 0 Å². The van der Waals surface area contributed by atoms with Crippen LogP contribution in [0.5, 0.6) is 0 Å². The number of benzene rings is 1. The number of hydrogen-bond acceptors (Lipinski definition) is 6. The number of allylic oxidation sites excluding steroid dienone is 1. The molecule has 3 N–H and O–H groups in total. The molecule has 0 saturated heterocycles. The molecule has 6 nitrogen and oxygen atoms in total. The van der Waals surface area contributed by atoms with Gasteiger partial charge in [0.2, 0.25) is 5.95 Å². The lowest BCUT2D eigenvalue weighted by atomic mass is 10.1. The van der Waals surface area contributed by atoms with E-state index in [9.17, 15) is 5.26 Å². The second-order valence-electron chi connectivity index (χ2n) is 4.98. The Morgan fingerprint density at radius 2 is 2.18 bits per heavy atom. The van der Waals surface area contributed by atoms with Crippen molar-refractivity contribution in [3.8, 4) is 6.07 Å². The molecule has 0 spiro atoms. The van der Waals surface area contributed by atoms with Gasteiger partial charge < -0.3 is 16.0 Å². The Bertz CT molecular complexity index is 803. The predicted octanol–water partition coefficient (Wildman–Crippen LogP) is 2.51. The van der Waals surface area contributed by atoms with Gasteiger partial charge in [-0.25, -0.2) is 9.97 Å². The van der Waals surface area contributed by atoms with Crippen LogP contribution in [0.2, 0.25) is 0 Å². The number of aryl methyl sites for hydroxylation is 1. The number of nitrogens with one attached hydrogen (secondary N) is 1. The average Bonchev–Trinajstić information content (AvgIpc) is 2.89. The van der Waals surface area contributed by atoms with Gasteiger partial charge in [0.05, 0.1) is 17.1 Å². The minimum absolute atomic E-state index is 0.160. The van der Waals surface area contributed by atoms with Gasteiger partial charge in [-0.1, -0.05) is 12.1 Å². The van der Waals surface area contributed by atoms with Crippen molar-refractivity contribution in [2.45, 2.75) is 13.8 Å². The first-order chi connectivity index (χ1) is 10.7. The van der Waals surface area contributed by atoms with Crippen LogP contribution in [-0.4, -0.2) is 16.5 Å². The van der Waals surface area contributed by atoms with Crippen LogP contribution in [0.1, 0.15) is 18.2 Å². The van der Waals surface area contributed by atoms with Crippen LogP contribution < -0.4 is 16.0 Å². The molecule has 2 aromatic rings. The summed E-state index contributed by atoms with van der Waals surface area (Å²) >= 11 is 0. The molecule has 6 heteroatoms. The van der Waals surface area contributed by atoms with E-state index >= 15 is 0 Å². The SMILES string of the molecule is CCN1C(=C(C#N)c2nc(N)ncc2C)Nc2ccccc21. The quantitative estimate of drug-likeness (QED) is 0.826. The Labute approximate surface area is 128 Å². The maximum atomic E-state index is 9.67. The molecule has 0 atom stereocenters. The molecule has 1 aromatic carbocycles. The molecule has 0 bridgehead atoms. The van der Waals surface area contributed by atoms with Crippen LogP contribution in [0.4, 0.5) is 17.3 Å². The van der Waals surface area contributed by atoms with Crippen molar-refractivity contribution in [3.05, 3.63) is 47.5 Å². The summed E-state index contributed by atoms with van der Waals surface area (Å²) in [4.78, 5) is 10.3. The van der Waals surface area contributed by atoms with Crippen LogP contribution in [-0.2, 0) is 0 Å². The summed E-state index contributed by atoms with van der Waals surface area (Å²) < 4.78 is 0. The summed E-state index contributed by atoms with van der Waals surface area (Å²) in [7, 11) is 0. The van der Waals surface area contributed by atoms with E-state index in [2.05, 4.69) is 26.3 Å². The number of nitrogens with zero attached hydrogens (tertiary/aromatic N) is 4. The van der Waals surface area contributed by atoms with Gasteiger partial charge in [-0.2, -0.15) is 5.26 Å². The highest BCUT2D eigenvalue weighted by Crippen LogP contribution is 2.38. The first-order valence-electron chi connectivity index (χ1n) is 7.03. The van der Waals surface area contributed by atoms with Crippen LogP contribution in [0, 0.1) is 18.3 Å². The molecule has 0 unspecified atom stereocenters. The summed E-state index contributed by atoms with van der Waals surface area (Å²) in [5, 5.41) is 13.0. The Morgan fingerprint density at radius 1 is 1.41 bits per heavy atom. The molecule has 110 valence electrons. The van der Waals surface area contributed by atoms with Crippen LogP contribution >= 0.6 is 0 Å². The Morgan fingerprint density at radius 3 is 2.91 bits per heavy atom. The second kappa shape index (κ2) is 5.37. The highest BCUT2D eigenvalue weighted by atomic mass is 15.3. The molecule has 0 radical (unpaired) electrons. The molecule has 22 heavy (non-hydrogen) atoms. The summed E-state index contributed by atoms with van der Waals surface area (Å²) in [5.74, 6) is 0.889. The van der Waals surface area contributed by atoms with E-state index in [4.69, 9.17) is 5.73 Å². The molecular weight excluding hydrogens is 276 g/mol. The van der Waals surface area contributed by atoms with Crippen molar-refractivity contribution < 1.29 is 0 Å². The third-order valence-corrected chi connectivity index (χ3v) is 3.61. The fourth-order valence-corrected chi connectivity index (χ4v) is 2.58. The van der Waals surface area contributed by atoms with Crippen molar-refractivity contribution in [1.82, 2.24) is 9.97 Å². The number of anilines is 3. The van der Waals surface area contributed by atoms with Gasteiger partial charge in [-0.15, -0.1) is 0 Å². The molecular formula is C16H16N6. The summed E-state index contributed by atoms with van der Waals surface area (Å²) in [6.45, 7) is 4.65. The van der Waals surface area contributed by atoms with E-state index in [0.717, 1.165) is 29.3 Å². The molecule has 3 rings (SSSR count). The topological polar surface area (TPSA) is 90.9 Å². The van der Waals surface area contributed by atoms with Crippen molar-refractivity contribution >= 4 is 22.9 Å². The summed E-state index contributed by atoms with van der Waals surface area (Å²) in [5.41, 5.74) is 9.54.